The molecular formula is C33H43N5O5Si. The van der Waals surface area contributed by atoms with Crippen molar-refractivity contribution in [2.24, 2.45) is 5.92 Å². The predicted octanol–water partition coefficient (Wildman–Crippen LogP) is 6.56. The number of nitriles is 1. The van der Waals surface area contributed by atoms with Gasteiger partial charge in [-0.05, 0) is 63.8 Å². The Labute approximate surface area is 260 Å². The third-order valence-corrected chi connectivity index (χ3v) is 8.77. The summed E-state index contributed by atoms with van der Waals surface area (Å²) < 4.78 is 19.4. The summed E-state index contributed by atoms with van der Waals surface area (Å²) in [7, 11) is -1.29. The molecule has 4 rings (SSSR count). The van der Waals surface area contributed by atoms with Crippen molar-refractivity contribution in [3.8, 4) is 11.8 Å². The molecule has 0 amide bonds. The summed E-state index contributed by atoms with van der Waals surface area (Å²) in [5, 5.41) is 21.4. The van der Waals surface area contributed by atoms with E-state index in [2.05, 4.69) is 31.0 Å². The summed E-state index contributed by atoms with van der Waals surface area (Å²) in [4.78, 5) is 30.3. The van der Waals surface area contributed by atoms with Crippen LogP contribution in [0.15, 0.2) is 36.4 Å². The summed E-state index contributed by atoms with van der Waals surface area (Å²) in [5.41, 5.74) is 1.61. The molecule has 0 atom stereocenters. The van der Waals surface area contributed by atoms with Crippen LogP contribution < -0.4 is 10.1 Å². The predicted molar refractivity (Wildman–Crippen MR) is 173 cm³/mol. The number of carbonyl (C=O) groups is 2. The fourth-order valence-electron chi connectivity index (χ4n) is 4.49. The Hall–Kier alpha value is -4.01. The van der Waals surface area contributed by atoms with Gasteiger partial charge in [-0.3, -0.25) is 9.59 Å². The largest absolute Gasteiger partial charge is 0.492 e. The van der Waals surface area contributed by atoms with Gasteiger partial charge in [-0.15, -0.1) is 0 Å². The number of nitrogens with one attached hydrogen (secondary N) is 2. The van der Waals surface area contributed by atoms with E-state index >= 15 is 0 Å². The van der Waals surface area contributed by atoms with Crippen molar-refractivity contribution in [3.63, 3.8) is 0 Å². The molecule has 1 aliphatic carbocycles. The van der Waals surface area contributed by atoms with E-state index < -0.39 is 31.8 Å². The van der Waals surface area contributed by atoms with E-state index in [0.717, 1.165) is 24.4 Å². The Kier molecular flexibility index (Phi) is 10.3. The summed E-state index contributed by atoms with van der Waals surface area (Å²) in [5.74, 6) is 0.552. The zero-order chi connectivity index (χ0) is 32.1. The van der Waals surface area contributed by atoms with Crippen LogP contribution in [0.5, 0.6) is 5.75 Å². The number of imidazole rings is 1. The second-order valence-corrected chi connectivity index (χ2v) is 19.1. The number of ketones is 1. The number of hydrogen-bond donors (Lipinski definition) is 2. The molecule has 0 radical (unpaired) electrons. The average molecular weight is 618 g/mol. The second-order valence-electron chi connectivity index (χ2n) is 13.5. The van der Waals surface area contributed by atoms with Crippen LogP contribution in [0.2, 0.25) is 25.7 Å². The Morgan fingerprint density at radius 2 is 1.91 bits per heavy atom. The monoisotopic (exact) mass is 617 g/mol. The molecule has 0 saturated heterocycles. The highest BCUT2D eigenvalue weighted by Gasteiger charge is 2.25. The maximum absolute atomic E-state index is 13.2. The van der Waals surface area contributed by atoms with Crippen LogP contribution in [-0.4, -0.2) is 53.9 Å². The van der Waals surface area contributed by atoms with E-state index in [1.807, 2.05) is 10.6 Å². The Morgan fingerprint density at radius 3 is 2.57 bits per heavy atom. The highest BCUT2D eigenvalue weighted by molar-refractivity contribution is 6.76. The fourth-order valence-corrected chi connectivity index (χ4v) is 5.25. The third-order valence-electron chi connectivity index (χ3n) is 7.06. The summed E-state index contributed by atoms with van der Waals surface area (Å²) in [6, 6.07) is 13.8. The molecule has 1 aliphatic rings. The van der Waals surface area contributed by atoms with E-state index in [0.29, 0.717) is 47.5 Å². The lowest BCUT2D eigenvalue weighted by atomic mass is 10.0. The molecule has 11 heteroatoms. The minimum Gasteiger partial charge on any atom is -0.492 e. The number of anilines is 1. The highest BCUT2D eigenvalue weighted by Crippen LogP contribution is 2.32. The highest BCUT2D eigenvalue weighted by atomic mass is 28.3. The van der Waals surface area contributed by atoms with Gasteiger partial charge in [0.25, 0.3) is 0 Å². The van der Waals surface area contributed by atoms with Gasteiger partial charge >= 0.3 is 5.97 Å². The van der Waals surface area contributed by atoms with Crippen LogP contribution >= 0.6 is 0 Å². The molecule has 0 spiro atoms. The zero-order valence-corrected chi connectivity index (χ0v) is 27.6. The number of ether oxygens (including phenoxy) is 3. The lowest BCUT2D eigenvalue weighted by Gasteiger charge is -2.19. The zero-order valence-electron chi connectivity index (χ0n) is 26.6. The van der Waals surface area contributed by atoms with Gasteiger partial charge in [0.15, 0.2) is 0 Å². The van der Waals surface area contributed by atoms with Gasteiger partial charge in [0.1, 0.15) is 30.0 Å². The van der Waals surface area contributed by atoms with E-state index in [1.165, 1.54) is 0 Å². The van der Waals surface area contributed by atoms with E-state index in [-0.39, 0.29) is 24.6 Å². The standard InChI is InChI=1S/C33H43N5O5Si/c1-33(2,3)43-31(39)16-25(35)32(40)24-9-7-8-10-26(24)36-19-30-37-27-15-23(18-34)29(42-20-22-11-12-22)17-28(27)38(30)21-41-13-14-44(4,5)6/h7-10,15,17,22,35-36H,11-14,16,19-21H2,1-6H3. The first-order valence-corrected chi connectivity index (χ1v) is 18.8. The number of fused-ring (bicyclic) bond motifs is 1. The summed E-state index contributed by atoms with van der Waals surface area (Å²) >= 11 is 0. The number of carbonyl (C=O) groups excluding carboxylic acids is 2. The van der Waals surface area contributed by atoms with E-state index in [9.17, 15) is 14.9 Å². The number of para-hydroxylation sites is 1. The quantitative estimate of drug-likeness (QED) is 0.0643. The van der Waals surface area contributed by atoms with Crippen molar-refractivity contribution in [2.75, 3.05) is 18.5 Å². The summed E-state index contributed by atoms with van der Waals surface area (Å²) in [6.07, 6.45) is 1.88. The molecule has 0 unspecified atom stereocenters. The van der Waals surface area contributed by atoms with Gasteiger partial charge in [0.05, 0.1) is 41.9 Å². The maximum atomic E-state index is 13.2. The average Bonchev–Trinajstić information content (AvgIpc) is 3.71. The first-order chi connectivity index (χ1) is 20.7. The smallest absolute Gasteiger partial charge is 0.312 e. The van der Waals surface area contributed by atoms with Crippen LogP contribution in [0.25, 0.3) is 11.0 Å². The second kappa shape index (κ2) is 13.7. The number of aromatic nitrogens is 2. The number of Topliss-reactive ketones (excluding diaryl/α,β-unsaturated/α-hetero) is 1. The van der Waals surface area contributed by atoms with E-state index in [4.69, 9.17) is 24.6 Å². The normalized spacial score (nSPS) is 13.4. The molecule has 10 nitrogen and oxygen atoms in total. The molecule has 0 aliphatic heterocycles. The van der Waals surface area contributed by atoms with Gasteiger partial charge in [-0.1, -0.05) is 31.8 Å². The molecule has 1 aromatic heterocycles. The van der Waals surface area contributed by atoms with Crippen molar-refractivity contribution in [3.05, 3.63) is 53.3 Å². The van der Waals surface area contributed by atoms with Crippen molar-refractivity contribution in [2.45, 2.75) is 84.6 Å². The summed E-state index contributed by atoms with van der Waals surface area (Å²) in [6.45, 7) is 13.9. The minimum atomic E-state index is -1.29. The molecule has 1 heterocycles. The van der Waals surface area contributed by atoms with Gasteiger partial charge in [-0.25, -0.2) is 4.98 Å². The molecule has 1 fully saturated rings. The molecule has 234 valence electrons. The topological polar surface area (TPSA) is 139 Å². The molecule has 2 aromatic carbocycles. The fraction of sp³-hybridized carbons (Fsp3) is 0.485. The Balaban J connectivity index is 1.57. The number of hydrogen-bond acceptors (Lipinski definition) is 9. The van der Waals surface area contributed by atoms with Gasteiger partial charge in [0.2, 0.25) is 5.78 Å². The van der Waals surface area contributed by atoms with Gasteiger partial charge in [0, 0.05) is 32.0 Å². The molecule has 1 saturated carbocycles. The lowest BCUT2D eigenvalue weighted by Crippen LogP contribution is -2.27. The number of benzene rings is 2. The van der Waals surface area contributed by atoms with E-state index in [1.54, 1.807) is 51.1 Å². The van der Waals surface area contributed by atoms with Crippen molar-refractivity contribution >= 4 is 42.3 Å². The number of nitrogens with zero attached hydrogens (tertiary/aromatic N) is 3. The lowest BCUT2D eigenvalue weighted by molar-refractivity contribution is -0.153. The molecular weight excluding hydrogens is 574 g/mol. The maximum Gasteiger partial charge on any atom is 0.312 e. The Morgan fingerprint density at radius 1 is 1.18 bits per heavy atom. The number of esters is 1. The van der Waals surface area contributed by atoms with Crippen molar-refractivity contribution < 1.29 is 23.8 Å². The van der Waals surface area contributed by atoms with Gasteiger partial charge < -0.3 is 29.5 Å². The van der Waals surface area contributed by atoms with Crippen molar-refractivity contribution in [1.29, 1.82) is 10.7 Å². The van der Waals surface area contributed by atoms with Crippen LogP contribution in [0.3, 0.4) is 0 Å². The van der Waals surface area contributed by atoms with Crippen LogP contribution in [-0.2, 0) is 27.5 Å². The van der Waals surface area contributed by atoms with Gasteiger partial charge in [-0.2, -0.15) is 5.26 Å². The Bertz CT molecular complexity index is 1570. The van der Waals surface area contributed by atoms with Crippen LogP contribution in [0, 0.1) is 22.7 Å². The first kappa shape index (κ1) is 32.9. The molecule has 2 N–H and O–H groups in total. The SMILES string of the molecule is CC(C)(C)OC(=O)CC(=N)C(=O)c1ccccc1NCc1nc2cc(C#N)c(OCC3CC3)cc2n1COCC[Si](C)(C)C. The molecule has 44 heavy (non-hydrogen) atoms. The minimum absolute atomic E-state index is 0.246. The van der Waals surface area contributed by atoms with Crippen LogP contribution in [0.4, 0.5) is 5.69 Å². The third kappa shape index (κ3) is 9.24. The molecule has 0 bridgehead atoms. The van der Waals surface area contributed by atoms with Crippen molar-refractivity contribution in [1.82, 2.24) is 9.55 Å². The number of rotatable bonds is 15. The van der Waals surface area contributed by atoms with Crippen LogP contribution in [0.1, 0.15) is 61.8 Å². The molecule has 3 aromatic rings. The first-order valence-electron chi connectivity index (χ1n) is 15.0.